The van der Waals surface area contributed by atoms with Crippen molar-refractivity contribution in [2.75, 3.05) is 6.79 Å². The minimum absolute atomic E-state index is 0.0937. The van der Waals surface area contributed by atoms with E-state index in [1.807, 2.05) is 0 Å². The van der Waals surface area contributed by atoms with Gasteiger partial charge in [-0.3, -0.25) is 0 Å². The quantitative estimate of drug-likeness (QED) is 0.687. The number of ether oxygens (including phenoxy) is 2. The summed E-state index contributed by atoms with van der Waals surface area (Å²) in [7, 11) is 0. The Labute approximate surface area is 78.5 Å². The topological polar surface area (TPSA) is 42.2 Å². The first kappa shape index (κ1) is 9.06. The molecule has 1 fully saturated rings. The van der Waals surface area contributed by atoms with Crippen LogP contribution in [0, 0.1) is 23.0 Å². The Kier molecular flexibility index (Phi) is 1.95. The molecule has 1 heterocycles. The van der Waals surface area contributed by atoms with Gasteiger partial charge in [-0.1, -0.05) is 6.07 Å². The normalized spacial score (nSPS) is 18.4. The van der Waals surface area contributed by atoms with Crippen molar-refractivity contribution >= 4 is 0 Å². The smallest absolute Gasteiger partial charge is 0.293 e. The predicted octanol–water partition coefficient (Wildman–Crippen LogP) is 1.65. The Balaban J connectivity index is 2.51. The van der Waals surface area contributed by atoms with Gasteiger partial charge in [-0.25, -0.2) is 8.78 Å². The maximum Gasteiger partial charge on any atom is 0.293 e. The van der Waals surface area contributed by atoms with E-state index >= 15 is 0 Å². The zero-order valence-electron chi connectivity index (χ0n) is 6.96. The van der Waals surface area contributed by atoms with E-state index in [0.29, 0.717) is 0 Å². The van der Waals surface area contributed by atoms with Crippen molar-refractivity contribution in [1.82, 2.24) is 0 Å². The van der Waals surface area contributed by atoms with Crippen molar-refractivity contribution in [2.24, 2.45) is 0 Å². The van der Waals surface area contributed by atoms with Gasteiger partial charge in [-0.05, 0) is 12.1 Å². The lowest BCUT2D eigenvalue weighted by Gasteiger charge is -2.35. The van der Waals surface area contributed by atoms with Gasteiger partial charge in [0.05, 0.1) is 5.56 Å². The van der Waals surface area contributed by atoms with Gasteiger partial charge in [-0.15, -0.1) is 0 Å². The Morgan fingerprint density at radius 2 is 2.07 bits per heavy atom. The molecule has 1 aliphatic heterocycles. The fourth-order valence-electron chi connectivity index (χ4n) is 1.22. The lowest BCUT2D eigenvalue weighted by atomic mass is 10.1. The zero-order chi connectivity index (χ0) is 10.2. The van der Waals surface area contributed by atoms with Gasteiger partial charge < -0.3 is 9.47 Å². The first-order valence-electron chi connectivity index (χ1n) is 3.83. The highest BCUT2D eigenvalue weighted by atomic mass is 19.2. The molecule has 1 saturated heterocycles. The fraction of sp³-hybridized carbons (Fsp3) is 0.222. The van der Waals surface area contributed by atoms with Crippen LogP contribution in [0.4, 0.5) is 8.78 Å². The molecule has 3 nitrogen and oxygen atoms in total. The van der Waals surface area contributed by atoms with Gasteiger partial charge in [-0.2, -0.15) is 5.26 Å². The van der Waals surface area contributed by atoms with E-state index in [4.69, 9.17) is 14.7 Å². The van der Waals surface area contributed by atoms with E-state index < -0.39 is 17.4 Å². The Morgan fingerprint density at radius 1 is 1.36 bits per heavy atom. The van der Waals surface area contributed by atoms with Crippen LogP contribution < -0.4 is 0 Å². The molecule has 2 rings (SSSR count). The second kappa shape index (κ2) is 3.01. The minimum Gasteiger partial charge on any atom is -0.307 e. The van der Waals surface area contributed by atoms with Crippen LogP contribution in [0.1, 0.15) is 5.56 Å². The molecule has 0 radical (unpaired) electrons. The third kappa shape index (κ3) is 1.09. The molecule has 1 aliphatic rings. The van der Waals surface area contributed by atoms with E-state index in [2.05, 4.69) is 0 Å². The van der Waals surface area contributed by atoms with Gasteiger partial charge in [0, 0.05) is 0 Å². The molecule has 0 aromatic heterocycles. The summed E-state index contributed by atoms with van der Waals surface area (Å²) in [5.74, 6) is -3.92. The van der Waals surface area contributed by atoms with Crippen LogP contribution in [0.2, 0.25) is 0 Å². The van der Waals surface area contributed by atoms with Gasteiger partial charge >= 0.3 is 0 Å². The van der Waals surface area contributed by atoms with Crippen molar-refractivity contribution in [3.05, 3.63) is 35.4 Å². The van der Waals surface area contributed by atoms with Crippen LogP contribution in [0.5, 0.6) is 0 Å². The summed E-state index contributed by atoms with van der Waals surface area (Å²) in [5, 5.41) is 8.72. The zero-order valence-corrected chi connectivity index (χ0v) is 6.96. The average Bonchev–Trinajstić information content (AvgIpc) is 2.11. The van der Waals surface area contributed by atoms with E-state index in [0.717, 1.165) is 6.07 Å². The molecule has 0 amide bonds. The van der Waals surface area contributed by atoms with Crippen molar-refractivity contribution in [1.29, 1.82) is 5.26 Å². The van der Waals surface area contributed by atoms with Crippen molar-refractivity contribution < 1.29 is 18.3 Å². The molecule has 0 unspecified atom stereocenters. The average molecular weight is 197 g/mol. The molecule has 0 aliphatic carbocycles. The highest BCUT2D eigenvalue weighted by Crippen LogP contribution is 2.35. The van der Waals surface area contributed by atoms with Crippen LogP contribution in [0.3, 0.4) is 0 Å². The first-order chi connectivity index (χ1) is 6.69. The first-order valence-corrected chi connectivity index (χ1v) is 3.83. The van der Waals surface area contributed by atoms with Crippen LogP contribution in [0.15, 0.2) is 18.2 Å². The van der Waals surface area contributed by atoms with E-state index in [1.54, 1.807) is 6.07 Å². The van der Waals surface area contributed by atoms with Crippen molar-refractivity contribution in [3.8, 4) is 6.07 Å². The third-order valence-corrected chi connectivity index (χ3v) is 1.98. The molecule has 0 bridgehead atoms. The van der Waals surface area contributed by atoms with Crippen molar-refractivity contribution in [2.45, 2.75) is 5.79 Å². The maximum absolute atomic E-state index is 13.2. The van der Waals surface area contributed by atoms with Gasteiger partial charge in [0.1, 0.15) is 6.07 Å². The number of nitriles is 1. The van der Waals surface area contributed by atoms with Gasteiger partial charge in [0.15, 0.2) is 18.4 Å². The largest absolute Gasteiger partial charge is 0.307 e. The van der Waals surface area contributed by atoms with Gasteiger partial charge in [0.25, 0.3) is 5.79 Å². The standard InChI is InChI=1S/C9H5F2NO2/c10-7-3-1-2-6(8(7)11)9(4-12)13-5-14-9/h1-3H,5H2. The summed E-state index contributed by atoms with van der Waals surface area (Å²) in [4.78, 5) is 0. The van der Waals surface area contributed by atoms with E-state index in [9.17, 15) is 8.78 Å². The fourth-order valence-corrected chi connectivity index (χ4v) is 1.22. The lowest BCUT2D eigenvalue weighted by Crippen LogP contribution is -2.43. The van der Waals surface area contributed by atoms with Crippen LogP contribution >= 0.6 is 0 Å². The molecular weight excluding hydrogens is 192 g/mol. The lowest BCUT2D eigenvalue weighted by molar-refractivity contribution is -0.378. The summed E-state index contributed by atoms with van der Waals surface area (Å²) in [6.45, 7) is -0.0937. The van der Waals surface area contributed by atoms with E-state index in [-0.39, 0.29) is 12.4 Å². The predicted molar refractivity (Wildman–Crippen MR) is 40.7 cm³/mol. The summed E-state index contributed by atoms with van der Waals surface area (Å²) in [5.41, 5.74) is -0.230. The molecule has 72 valence electrons. The van der Waals surface area contributed by atoms with Crippen LogP contribution in [0.25, 0.3) is 0 Å². The number of hydrogen-bond acceptors (Lipinski definition) is 3. The number of nitrogens with zero attached hydrogens (tertiary/aromatic N) is 1. The summed E-state index contributed by atoms with van der Waals surface area (Å²) in [6, 6.07) is 5.15. The number of rotatable bonds is 1. The van der Waals surface area contributed by atoms with Crippen LogP contribution in [-0.2, 0) is 15.3 Å². The summed E-state index contributed by atoms with van der Waals surface area (Å²) in [6.07, 6.45) is 0. The number of benzene rings is 1. The maximum atomic E-state index is 13.2. The molecule has 0 atom stereocenters. The molecule has 0 N–H and O–H groups in total. The minimum atomic E-state index is -1.77. The number of halogens is 2. The molecule has 14 heavy (non-hydrogen) atoms. The second-order valence-electron chi connectivity index (χ2n) is 2.74. The summed E-state index contributed by atoms with van der Waals surface area (Å²) < 4.78 is 35.6. The van der Waals surface area contributed by atoms with Gasteiger partial charge in [0.2, 0.25) is 0 Å². The van der Waals surface area contributed by atoms with Crippen LogP contribution in [-0.4, -0.2) is 6.79 Å². The second-order valence-corrected chi connectivity index (χ2v) is 2.74. The number of hydrogen-bond donors (Lipinski definition) is 0. The highest BCUT2D eigenvalue weighted by Gasteiger charge is 2.45. The third-order valence-electron chi connectivity index (χ3n) is 1.98. The summed E-state index contributed by atoms with van der Waals surface area (Å²) >= 11 is 0. The molecule has 1 aromatic rings. The Hall–Kier alpha value is -1.51. The monoisotopic (exact) mass is 197 g/mol. The Morgan fingerprint density at radius 3 is 2.57 bits per heavy atom. The molecule has 0 saturated carbocycles. The molecule has 5 heteroatoms. The highest BCUT2D eigenvalue weighted by molar-refractivity contribution is 5.29. The molecule has 0 spiro atoms. The molecule has 1 aromatic carbocycles. The SMILES string of the molecule is N#CC1(c2cccc(F)c2F)OCO1. The van der Waals surface area contributed by atoms with Crippen molar-refractivity contribution in [3.63, 3.8) is 0 Å². The molecular formula is C9H5F2NO2. The Bertz CT molecular complexity index is 410. The van der Waals surface area contributed by atoms with E-state index in [1.165, 1.54) is 12.1 Å².